The van der Waals surface area contributed by atoms with E-state index in [2.05, 4.69) is 17.5 Å². The fraction of sp³-hybridized carbons (Fsp3) is 0.474. The van der Waals surface area contributed by atoms with Gasteiger partial charge in [0.15, 0.2) is 0 Å². The molecule has 1 heterocycles. The molecule has 1 aliphatic carbocycles. The Labute approximate surface area is 142 Å². The number of fused-ring (bicyclic) bond motifs is 1. The molecular formula is C19H24N2O3. The zero-order valence-corrected chi connectivity index (χ0v) is 13.9. The lowest BCUT2D eigenvalue weighted by Crippen LogP contribution is -2.35. The van der Waals surface area contributed by atoms with Crippen LogP contribution in [0.3, 0.4) is 0 Å². The second kappa shape index (κ2) is 7.99. The zero-order valence-electron chi connectivity index (χ0n) is 13.9. The number of carbonyl (C=O) groups excluding carboxylic acids is 2. The summed E-state index contributed by atoms with van der Waals surface area (Å²) < 4.78 is 5.68. The third kappa shape index (κ3) is 4.37. The van der Waals surface area contributed by atoms with E-state index in [0.717, 1.165) is 24.2 Å². The summed E-state index contributed by atoms with van der Waals surface area (Å²) in [5, 5.41) is 2.86. The van der Waals surface area contributed by atoms with Crippen molar-refractivity contribution in [3.63, 3.8) is 0 Å². The number of rotatable bonds is 5. The third-order valence-corrected chi connectivity index (χ3v) is 4.53. The van der Waals surface area contributed by atoms with Gasteiger partial charge in [0.1, 0.15) is 12.4 Å². The number of hydrogen-bond donors (Lipinski definition) is 1. The van der Waals surface area contributed by atoms with Gasteiger partial charge < -0.3 is 15.0 Å². The first-order valence-electron chi connectivity index (χ1n) is 8.64. The van der Waals surface area contributed by atoms with Gasteiger partial charge >= 0.3 is 0 Å². The molecule has 1 atom stereocenters. The minimum Gasteiger partial charge on any atom is -0.491 e. The number of ether oxygens (including phenoxy) is 1. The lowest BCUT2D eigenvalue weighted by molar-refractivity contribution is -0.132. The molecule has 0 saturated heterocycles. The number of hydrogen-bond acceptors (Lipinski definition) is 3. The average Bonchev–Trinajstić information content (AvgIpc) is 2.98. The summed E-state index contributed by atoms with van der Waals surface area (Å²) in [5.74, 6) is 1.30. The fourth-order valence-corrected chi connectivity index (χ4v) is 3.18. The number of nitrogens with one attached hydrogen (secondary N) is 1. The summed E-state index contributed by atoms with van der Waals surface area (Å²) in [4.78, 5) is 26.1. The minimum absolute atomic E-state index is 0.0314. The molecule has 1 aromatic rings. The van der Waals surface area contributed by atoms with Crippen LogP contribution in [0.2, 0.25) is 0 Å². The standard InChI is InChI=1S/C19H24N2O3/c22-18(13-15-5-1-2-6-15)20-10-9-19(23)21-11-12-24-17-8-4-3-7-16(17)14-21/h1,3-5,7-8,15H,2,6,9-14H2,(H,20,22). The maximum atomic E-state index is 12.4. The fourth-order valence-electron chi connectivity index (χ4n) is 3.18. The summed E-state index contributed by atoms with van der Waals surface area (Å²) in [6.07, 6.45) is 7.21. The Balaban J connectivity index is 1.43. The van der Waals surface area contributed by atoms with Crippen LogP contribution >= 0.6 is 0 Å². The molecule has 128 valence electrons. The predicted octanol–water partition coefficient (Wildman–Crippen LogP) is 2.27. The molecule has 2 amide bonds. The van der Waals surface area contributed by atoms with Crippen LogP contribution in [0.25, 0.3) is 0 Å². The lowest BCUT2D eigenvalue weighted by atomic mass is 10.1. The Morgan fingerprint density at radius 2 is 2.17 bits per heavy atom. The van der Waals surface area contributed by atoms with E-state index in [0.29, 0.717) is 45.0 Å². The SMILES string of the molecule is O=C(CC1C=CCC1)NCCC(=O)N1CCOc2ccccc2C1. The summed E-state index contributed by atoms with van der Waals surface area (Å²) in [5.41, 5.74) is 1.03. The maximum absolute atomic E-state index is 12.4. The van der Waals surface area contributed by atoms with Crippen LogP contribution in [0.1, 0.15) is 31.2 Å². The molecule has 1 N–H and O–H groups in total. The molecule has 1 unspecified atom stereocenters. The normalized spacial score (nSPS) is 19.3. The molecule has 0 radical (unpaired) electrons. The van der Waals surface area contributed by atoms with Crippen LogP contribution in [0.5, 0.6) is 5.75 Å². The predicted molar refractivity (Wildman–Crippen MR) is 91.5 cm³/mol. The highest BCUT2D eigenvalue weighted by atomic mass is 16.5. The van der Waals surface area contributed by atoms with E-state index >= 15 is 0 Å². The van der Waals surface area contributed by atoms with E-state index in [1.165, 1.54) is 0 Å². The molecule has 0 saturated carbocycles. The molecule has 5 heteroatoms. The molecule has 24 heavy (non-hydrogen) atoms. The largest absolute Gasteiger partial charge is 0.491 e. The molecular weight excluding hydrogens is 304 g/mol. The maximum Gasteiger partial charge on any atom is 0.224 e. The van der Waals surface area contributed by atoms with Gasteiger partial charge in [-0.2, -0.15) is 0 Å². The average molecular weight is 328 g/mol. The Morgan fingerprint density at radius 3 is 3.00 bits per heavy atom. The number of amides is 2. The molecule has 0 fully saturated rings. The van der Waals surface area contributed by atoms with Crippen molar-refractivity contribution in [2.45, 2.75) is 32.2 Å². The first-order valence-corrected chi connectivity index (χ1v) is 8.64. The molecule has 2 aliphatic rings. The quantitative estimate of drug-likeness (QED) is 0.844. The van der Waals surface area contributed by atoms with E-state index < -0.39 is 0 Å². The molecule has 0 spiro atoms. The first kappa shape index (κ1) is 16.6. The Bertz CT molecular complexity index is 627. The summed E-state index contributed by atoms with van der Waals surface area (Å²) in [6, 6.07) is 7.80. The number of para-hydroxylation sites is 1. The van der Waals surface area contributed by atoms with Crippen LogP contribution in [0.15, 0.2) is 36.4 Å². The number of allylic oxidation sites excluding steroid dienone is 2. The van der Waals surface area contributed by atoms with Gasteiger partial charge in [0.05, 0.1) is 6.54 Å². The number of benzene rings is 1. The highest BCUT2D eigenvalue weighted by Crippen LogP contribution is 2.22. The molecule has 1 aromatic carbocycles. The Morgan fingerprint density at radius 1 is 1.29 bits per heavy atom. The summed E-state index contributed by atoms with van der Waals surface area (Å²) >= 11 is 0. The third-order valence-electron chi connectivity index (χ3n) is 4.53. The van der Waals surface area contributed by atoms with E-state index in [9.17, 15) is 9.59 Å². The van der Waals surface area contributed by atoms with Gasteiger partial charge in [-0.25, -0.2) is 0 Å². The molecule has 5 nitrogen and oxygen atoms in total. The van der Waals surface area contributed by atoms with Gasteiger partial charge in [-0.15, -0.1) is 0 Å². The van der Waals surface area contributed by atoms with Gasteiger partial charge in [-0.3, -0.25) is 9.59 Å². The van der Waals surface area contributed by atoms with Crippen LogP contribution in [0, 0.1) is 5.92 Å². The Kier molecular flexibility index (Phi) is 5.51. The second-order valence-corrected chi connectivity index (χ2v) is 6.34. The monoisotopic (exact) mass is 328 g/mol. The second-order valence-electron chi connectivity index (χ2n) is 6.34. The van der Waals surface area contributed by atoms with Crippen molar-refractivity contribution in [2.24, 2.45) is 5.92 Å². The highest BCUT2D eigenvalue weighted by Gasteiger charge is 2.19. The number of nitrogens with zero attached hydrogens (tertiary/aromatic N) is 1. The molecule has 0 bridgehead atoms. The number of carbonyl (C=O) groups is 2. The van der Waals surface area contributed by atoms with Crippen LogP contribution in [-0.2, 0) is 16.1 Å². The minimum atomic E-state index is 0.0314. The Hall–Kier alpha value is -2.30. The van der Waals surface area contributed by atoms with Crippen molar-refractivity contribution < 1.29 is 14.3 Å². The van der Waals surface area contributed by atoms with Gasteiger partial charge in [0, 0.05) is 31.5 Å². The van der Waals surface area contributed by atoms with Gasteiger partial charge in [0.25, 0.3) is 0 Å². The van der Waals surface area contributed by atoms with Gasteiger partial charge in [0.2, 0.25) is 11.8 Å². The van der Waals surface area contributed by atoms with Gasteiger partial charge in [-0.05, 0) is 24.8 Å². The topological polar surface area (TPSA) is 58.6 Å². The van der Waals surface area contributed by atoms with Crippen molar-refractivity contribution in [3.8, 4) is 5.75 Å². The van der Waals surface area contributed by atoms with Crippen molar-refractivity contribution in [2.75, 3.05) is 19.7 Å². The van der Waals surface area contributed by atoms with Crippen LogP contribution < -0.4 is 10.1 Å². The van der Waals surface area contributed by atoms with E-state index in [1.54, 1.807) is 4.90 Å². The first-order chi connectivity index (χ1) is 11.7. The summed E-state index contributed by atoms with van der Waals surface area (Å²) in [6.45, 7) is 2.04. The van der Waals surface area contributed by atoms with Crippen molar-refractivity contribution in [1.82, 2.24) is 10.2 Å². The zero-order chi connectivity index (χ0) is 16.8. The molecule has 3 rings (SSSR count). The van der Waals surface area contributed by atoms with E-state index in [4.69, 9.17) is 4.74 Å². The highest BCUT2D eigenvalue weighted by molar-refractivity contribution is 5.79. The van der Waals surface area contributed by atoms with Crippen LogP contribution in [0.4, 0.5) is 0 Å². The van der Waals surface area contributed by atoms with Crippen LogP contribution in [-0.4, -0.2) is 36.4 Å². The van der Waals surface area contributed by atoms with E-state index in [-0.39, 0.29) is 11.8 Å². The molecule has 0 aromatic heterocycles. The summed E-state index contributed by atoms with van der Waals surface area (Å²) in [7, 11) is 0. The van der Waals surface area contributed by atoms with Crippen molar-refractivity contribution in [3.05, 3.63) is 42.0 Å². The van der Waals surface area contributed by atoms with Crippen molar-refractivity contribution in [1.29, 1.82) is 0 Å². The van der Waals surface area contributed by atoms with Crippen molar-refractivity contribution >= 4 is 11.8 Å². The smallest absolute Gasteiger partial charge is 0.224 e. The van der Waals surface area contributed by atoms with E-state index in [1.807, 2.05) is 24.3 Å². The lowest BCUT2D eigenvalue weighted by Gasteiger charge is -2.20. The molecule has 1 aliphatic heterocycles. The van der Waals surface area contributed by atoms with Gasteiger partial charge in [-0.1, -0.05) is 30.4 Å².